The van der Waals surface area contributed by atoms with Gasteiger partial charge in [-0.15, -0.1) is 5.10 Å². The Kier molecular flexibility index (Phi) is 5.30. The van der Waals surface area contributed by atoms with Crippen molar-refractivity contribution in [3.63, 3.8) is 0 Å². The topological polar surface area (TPSA) is 39.9 Å². The Bertz CT molecular complexity index is 931. The fourth-order valence-corrected chi connectivity index (χ4v) is 2.44. The molecule has 0 spiro atoms. The lowest BCUT2D eigenvalue weighted by molar-refractivity contribution is -0.137. The fraction of sp³-hybridized carbons (Fsp3) is 0.200. The lowest BCUT2D eigenvalue weighted by Gasteiger charge is -2.14. The van der Waals surface area contributed by atoms with Gasteiger partial charge in [0.25, 0.3) is 0 Å². The van der Waals surface area contributed by atoms with Gasteiger partial charge in [-0.05, 0) is 43.7 Å². The van der Waals surface area contributed by atoms with E-state index in [0.29, 0.717) is 0 Å². The third kappa shape index (κ3) is 4.97. The zero-order valence-corrected chi connectivity index (χ0v) is 14.8. The van der Waals surface area contributed by atoms with Crippen LogP contribution >= 0.6 is 0 Å². The molecule has 0 atom stereocenters. The average Bonchev–Trinajstić information content (AvgIpc) is 3.08. The van der Waals surface area contributed by atoms with Gasteiger partial charge in [-0.2, -0.15) is 13.2 Å². The van der Waals surface area contributed by atoms with E-state index in [1.165, 1.54) is 17.1 Å². The zero-order valence-electron chi connectivity index (χ0n) is 14.8. The van der Waals surface area contributed by atoms with Gasteiger partial charge < -0.3 is 4.74 Å². The first-order chi connectivity index (χ1) is 12.8. The first-order valence-corrected chi connectivity index (χ1v) is 8.35. The molecule has 0 aliphatic rings. The minimum atomic E-state index is -4.49. The highest BCUT2D eigenvalue weighted by Gasteiger charge is 2.32. The number of halogens is 3. The maximum Gasteiger partial charge on any atom is 0.416 e. The number of hydrogen-bond acceptors (Lipinski definition) is 3. The number of aromatic nitrogens is 3. The van der Waals surface area contributed by atoms with Gasteiger partial charge >= 0.3 is 6.18 Å². The second-order valence-corrected chi connectivity index (χ2v) is 6.19. The summed E-state index contributed by atoms with van der Waals surface area (Å²) in [6.07, 6.45) is 0.225. The van der Waals surface area contributed by atoms with Crippen LogP contribution in [0.25, 0.3) is 23.7 Å². The second-order valence-electron chi connectivity index (χ2n) is 6.19. The number of rotatable bonds is 5. The van der Waals surface area contributed by atoms with E-state index >= 15 is 0 Å². The van der Waals surface area contributed by atoms with Crippen LogP contribution in [-0.4, -0.2) is 20.9 Å². The van der Waals surface area contributed by atoms with Gasteiger partial charge in [0, 0.05) is 11.8 Å². The first-order valence-electron chi connectivity index (χ1n) is 8.35. The molecule has 3 rings (SSSR count). The molecule has 140 valence electrons. The summed E-state index contributed by atoms with van der Waals surface area (Å²) in [5, 5.41) is 4.23. The van der Waals surface area contributed by atoms with Crippen LogP contribution in [0, 0.1) is 0 Å². The molecule has 0 saturated heterocycles. The molecule has 0 unspecified atom stereocenters. The number of nitrogens with zero attached hydrogens (tertiary/aromatic N) is 3. The Balaban J connectivity index is 1.91. The summed E-state index contributed by atoms with van der Waals surface area (Å²) in [5.41, 5.74) is 0.417. The Morgan fingerprint density at radius 1 is 1.07 bits per heavy atom. The van der Waals surface area contributed by atoms with Crippen molar-refractivity contribution in [1.82, 2.24) is 14.8 Å². The molecular weight excluding hydrogens is 355 g/mol. The van der Waals surface area contributed by atoms with E-state index in [2.05, 4.69) is 10.1 Å². The summed E-state index contributed by atoms with van der Waals surface area (Å²) in [6.45, 7) is 3.50. The van der Waals surface area contributed by atoms with E-state index in [4.69, 9.17) is 4.74 Å². The maximum atomic E-state index is 13.2. The molecular formula is C20H18F3N3O. The van der Waals surface area contributed by atoms with Crippen molar-refractivity contribution in [3.05, 3.63) is 66.0 Å². The first kappa shape index (κ1) is 18.7. The molecule has 4 nitrogen and oxygen atoms in total. The Morgan fingerprint density at radius 2 is 1.81 bits per heavy atom. The van der Waals surface area contributed by atoms with Crippen LogP contribution in [0.15, 0.2) is 54.9 Å². The number of ether oxygens (including phenoxy) is 1. The number of hydrogen-bond donors (Lipinski definition) is 0. The largest absolute Gasteiger partial charge is 0.491 e. The molecule has 0 saturated carbocycles. The molecule has 1 heterocycles. The number of benzene rings is 2. The van der Waals surface area contributed by atoms with Crippen LogP contribution in [-0.2, 0) is 6.18 Å². The highest BCUT2D eigenvalue weighted by Crippen LogP contribution is 2.35. The lowest BCUT2D eigenvalue weighted by atomic mass is 10.1. The summed E-state index contributed by atoms with van der Waals surface area (Å²) < 4.78 is 46.5. The summed E-state index contributed by atoms with van der Waals surface area (Å²) in [5.74, 6) is 0.318. The molecule has 0 aliphatic heterocycles. The van der Waals surface area contributed by atoms with Crippen molar-refractivity contribution in [2.75, 3.05) is 0 Å². The van der Waals surface area contributed by atoms with E-state index in [9.17, 15) is 13.2 Å². The van der Waals surface area contributed by atoms with E-state index in [-0.39, 0.29) is 23.2 Å². The van der Waals surface area contributed by atoms with Gasteiger partial charge in [-0.25, -0.2) is 9.67 Å². The normalized spacial score (nSPS) is 12.1. The van der Waals surface area contributed by atoms with Crippen LogP contribution in [0.2, 0.25) is 0 Å². The van der Waals surface area contributed by atoms with E-state index in [1.807, 2.05) is 36.4 Å². The molecule has 7 heteroatoms. The Hall–Kier alpha value is -3.09. The third-order valence-corrected chi connectivity index (χ3v) is 3.59. The summed E-state index contributed by atoms with van der Waals surface area (Å²) in [7, 11) is 0. The van der Waals surface area contributed by atoms with Crippen molar-refractivity contribution in [2.45, 2.75) is 26.1 Å². The van der Waals surface area contributed by atoms with Gasteiger partial charge in [0.15, 0.2) is 5.82 Å². The van der Waals surface area contributed by atoms with Gasteiger partial charge in [0.1, 0.15) is 12.1 Å². The molecule has 0 radical (unpaired) electrons. The summed E-state index contributed by atoms with van der Waals surface area (Å²) in [4.78, 5) is 4.12. The summed E-state index contributed by atoms with van der Waals surface area (Å²) >= 11 is 0. The second kappa shape index (κ2) is 7.65. The van der Waals surface area contributed by atoms with Crippen LogP contribution in [0.4, 0.5) is 13.2 Å². The molecule has 0 aliphatic carbocycles. The quantitative estimate of drug-likeness (QED) is 0.603. The predicted molar refractivity (Wildman–Crippen MR) is 97.9 cm³/mol. The van der Waals surface area contributed by atoms with E-state index < -0.39 is 11.7 Å². The van der Waals surface area contributed by atoms with Crippen LogP contribution < -0.4 is 4.74 Å². The Labute approximate surface area is 154 Å². The molecule has 0 bridgehead atoms. The van der Waals surface area contributed by atoms with Crippen molar-refractivity contribution < 1.29 is 17.9 Å². The minimum Gasteiger partial charge on any atom is -0.491 e. The highest BCUT2D eigenvalue weighted by molar-refractivity contribution is 5.62. The molecule has 0 N–H and O–H groups in total. The van der Waals surface area contributed by atoms with Crippen LogP contribution in [0.1, 0.15) is 25.0 Å². The van der Waals surface area contributed by atoms with E-state index in [1.54, 1.807) is 20.0 Å². The monoisotopic (exact) mass is 373 g/mol. The van der Waals surface area contributed by atoms with Crippen LogP contribution in [0.3, 0.4) is 0 Å². The smallest absolute Gasteiger partial charge is 0.416 e. The SMILES string of the molecule is CC(C)Oc1cc(-c2ncn(/C=C/c3ccccc3)n2)cc(C(F)(F)F)c1. The van der Waals surface area contributed by atoms with Gasteiger partial charge in [-0.3, -0.25) is 0 Å². The van der Waals surface area contributed by atoms with Crippen molar-refractivity contribution in [2.24, 2.45) is 0 Å². The maximum absolute atomic E-state index is 13.2. The average molecular weight is 373 g/mol. The van der Waals surface area contributed by atoms with Crippen molar-refractivity contribution in [3.8, 4) is 17.1 Å². The van der Waals surface area contributed by atoms with Crippen molar-refractivity contribution >= 4 is 12.3 Å². The zero-order chi connectivity index (χ0) is 19.4. The minimum absolute atomic E-state index is 0.131. The van der Waals surface area contributed by atoms with Crippen LogP contribution in [0.5, 0.6) is 5.75 Å². The predicted octanol–water partition coefficient (Wildman–Crippen LogP) is 5.38. The van der Waals surface area contributed by atoms with Crippen molar-refractivity contribution in [1.29, 1.82) is 0 Å². The molecule has 3 aromatic rings. The standard InChI is InChI=1S/C20H18F3N3O/c1-14(2)27-18-11-16(10-17(12-18)20(21,22)23)19-24-13-26(25-19)9-8-15-6-4-3-5-7-15/h3-14H,1-2H3/b9-8+. The molecule has 2 aromatic carbocycles. The van der Waals surface area contributed by atoms with Gasteiger partial charge in [0.05, 0.1) is 11.7 Å². The van der Waals surface area contributed by atoms with Gasteiger partial charge in [0.2, 0.25) is 0 Å². The Morgan fingerprint density at radius 3 is 2.48 bits per heavy atom. The van der Waals surface area contributed by atoms with Gasteiger partial charge in [-0.1, -0.05) is 30.3 Å². The fourth-order valence-electron chi connectivity index (χ4n) is 2.44. The molecule has 0 amide bonds. The molecule has 0 fully saturated rings. The van der Waals surface area contributed by atoms with E-state index in [0.717, 1.165) is 17.7 Å². The highest BCUT2D eigenvalue weighted by atomic mass is 19.4. The number of alkyl halides is 3. The molecule has 27 heavy (non-hydrogen) atoms. The third-order valence-electron chi connectivity index (χ3n) is 3.59. The molecule has 1 aromatic heterocycles. The summed E-state index contributed by atoms with van der Waals surface area (Å²) in [6, 6.07) is 13.1. The lowest BCUT2D eigenvalue weighted by Crippen LogP contribution is -2.09.